The van der Waals surface area contributed by atoms with Gasteiger partial charge in [-0.15, -0.1) is 0 Å². The molecule has 0 unspecified atom stereocenters. The second-order valence-corrected chi connectivity index (χ2v) is 4.28. The van der Waals surface area contributed by atoms with E-state index in [9.17, 15) is 22.0 Å². The second kappa shape index (κ2) is 3.99. The summed E-state index contributed by atoms with van der Waals surface area (Å²) in [5.74, 6) is 0. The Kier molecular flexibility index (Phi) is 3.06. The van der Waals surface area contributed by atoms with E-state index in [4.69, 9.17) is 10.4 Å². The third kappa shape index (κ3) is 2.23. The highest BCUT2D eigenvalue weighted by Crippen LogP contribution is 2.18. The number of hydrogen-bond donors (Lipinski definition) is 2. The number of hydrogen-bond acceptors (Lipinski definition) is 4. The van der Waals surface area contributed by atoms with Crippen LogP contribution >= 0.6 is 0 Å². The predicted molar refractivity (Wildman–Crippen MR) is 48.1 cm³/mol. The molecule has 0 atom stereocenters. The van der Waals surface area contributed by atoms with Crippen molar-refractivity contribution in [2.24, 2.45) is 5.14 Å². The van der Waals surface area contributed by atoms with Crippen molar-refractivity contribution in [2.75, 3.05) is 0 Å². The van der Waals surface area contributed by atoms with Gasteiger partial charge >= 0.3 is 0 Å². The summed E-state index contributed by atoms with van der Waals surface area (Å²) in [6.07, 6.45) is -3.16. The molecule has 86 valence electrons. The van der Waals surface area contributed by atoms with Crippen LogP contribution in [0.15, 0.2) is 15.8 Å². The van der Waals surface area contributed by atoms with Gasteiger partial charge in [-0.25, -0.2) is 22.3 Å². The number of nitrogens with two attached hydrogens (primary N) is 1. The number of pyridine rings is 1. The minimum absolute atomic E-state index is 0.400. The number of primary sulfonamides is 1. The van der Waals surface area contributed by atoms with E-state index in [1.807, 2.05) is 0 Å². The fraction of sp³-hybridized carbons (Fsp3) is 0.143. The molecular weight excluding hydrogens is 244 g/mol. The van der Waals surface area contributed by atoms with E-state index in [1.54, 1.807) is 4.98 Å². The van der Waals surface area contributed by atoms with Gasteiger partial charge in [-0.2, -0.15) is 5.26 Å². The second-order valence-electron chi connectivity index (χ2n) is 2.75. The van der Waals surface area contributed by atoms with Crippen molar-refractivity contribution in [2.45, 2.75) is 11.3 Å². The van der Waals surface area contributed by atoms with Crippen LogP contribution < -0.4 is 10.7 Å². The van der Waals surface area contributed by atoms with Gasteiger partial charge in [-0.3, -0.25) is 4.79 Å². The zero-order valence-electron chi connectivity index (χ0n) is 7.57. The zero-order chi connectivity index (χ0) is 12.5. The van der Waals surface area contributed by atoms with Crippen molar-refractivity contribution in [1.29, 1.82) is 5.26 Å². The number of alkyl halides is 2. The Morgan fingerprint density at radius 2 is 2.06 bits per heavy atom. The summed E-state index contributed by atoms with van der Waals surface area (Å²) in [4.78, 5) is 11.9. The lowest BCUT2D eigenvalue weighted by atomic mass is 10.2. The number of nitrogens with zero attached hydrogens (tertiary/aromatic N) is 1. The Hall–Kier alpha value is -1.79. The van der Waals surface area contributed by atoms with Crippen LogP contribution in [0, 0.1) is 11.3 Å². The van der Waals surface area contributed by atoms with Gasteiger partial charge in [0.05, 0.1) is 5.56 Å². The molecule has 1 aromatic heterocycles. The molecule has 1 aromatic rings. The molecule has 6 nitrogen and oxygen atoms in total. The molecule has 0 amide bonds. The molecule has 0 spiro atoms. The molecule has 0 saturated carbocycles. The Labute approximate surface area is 88.4 Å². The number of H-pyrrole nitrogens is 1. The van der Waals surface area contributed by atoms with Crippen molar-refractivity contribution in [3.05, 3.63) is 27.7 Å². The highest BCUT2D eigenvalue weighted by Gasteiger charge is 2.21. The lowest BCUT2D eigenvalue weighted by Gasteiger charge is -2.03. The van der Waals surface area contributed by atoms with E-state index >= 15 is 0 Å². The molecule has 0 radical (unpaired) electrons. The summed E-state index contributed by atoms with van der Waals surface area (Å²) in [5.41, 5.74) is -2.95. The number of aromatic nitrogens is 1. The SMILES string of the molecule is N#Cc1[nH]c(=O)c(C(F)F)cc1S(N)(=O)=O. The smallest absolute Gasteiger partial charge is 0.269 e. The monoisotopic (exact) mass is 249 g/mol. The molecule has 9 heteroatoms. The Morgan fingerprint density at radius 3 is 2.44 bits per heavy atom. The summed E-state index contributed by atoms with van der Waals surface area (Å²) in [7, 11) is -4.34. The van der Waals surface area contributed by atoms with Crippen molar-refractivity contribution >= 4 is 10.0 Å². The number of rotatable bonds is 2. The fourth-order valence-electron chi connectivity index (χ4n) is 0.996. The topological polar surface area (TPSA) is 117 Å². The van der Waals surface area contributed by atoms with Crippen molar-refractivity contribution < 1.29 is 17.2 Å². The number of aromatic amines is 1. The van der Waals surface area contributed by atoms with E-state index in [0.29, 0.717) is 6.07 Å². The molecule has 0 bridgehead atoms. The van der Waals surface area contributed by atoms with Crippen LogP contribution in [0.3, 0.4) is 0 Å². The molecule has 0 aliphatic heterocycles. The number of nitrogens with one attached hydrogen (secondary N) is 1. The van der Waals surface area contributed by atoms with Gasteiger partial charge in [-0.1, -0.05) is 0 Å². The molecule has 1 rings (SSSR count). The maximum Gasteiger partial charge on any atom is 0.269 e. The summed E-state index contributed by atoms with van der Waals surface area (Å²) in [6, 6.07) is 1.75. The molecule has 0 aromatic carbocycles. The quantitative estimate of drug-likeness (QED) is 0.756. The average Bonchev–Trinajstić information content (AvgIpc) is 2.14. The van der Waals surface area contributed by atoms with Crippen LogP contribution in [0.25, 0.3) is 0 Å². The van der Waals surface area contributed by atoms with Crippen molar-refractivity contribution in [3.63, 3.8) is 0 Å². The summed E-state index contributed by atoms with van der Waals surface area (Å²) < 4.78 is 46.5. The van der Waals surface area contributed by atoms with Crippen LogP contribution in [-0.4, -0.2) is 13.4 Å². The summed E-state index contributed by atoms with van der Waals surface area (Å²) >= 11 is 0. The van der Waals surface area contributed by atoms with Gasteiger partial charge in [0.25, 0.3) is 12.0 Å². The number of sulfonamides is 1. The van der Waals surface area contributed by atoms with Crippen LogP contribution in [0.1, 0.15) is 17.7 Å². The number of nitriles is 1. The minimum Gasteiger partial charge on any atom is -0.312 e. The molecule has 0 aliphatic rings. The lowest BCUT2D eigenvalue weighted by molar-refractivity contribution is 0.149. The fourth-order valence-corrected chi connectivity index (χ4v) is 1.67. The predicted octanol–water partition coefficient (Wildman–Crippen LogP) is -0.168. The van der Waals surface area contributed by atoms with Crippen LogP contribution in [0.4, 0.5) is 8.78 Å². The van der Waals surface area contributed by atoms with Crippen LogP contribution in [-0.2, 0) is 10.0 Å². The maximum absolute atomic E-state index is 12.3. The van der Waals surface area contributed by atoms with Gasteiger partial charge in [0, 0.05) is 0 Å². The molecule has 16 heavy (non-hydrogen) atoms. The molecule has 0 aliphatic carbocycles. The first kappa shape index (κ1) is 12.3. The van der Waals surface area contributed by atoms with Gasteiger partial charge < -0.3 is 4.98 Å². The third-order valence-electron chi connectivity index (χ3n) is 1.69. The average molecular weight is 249 g/mol. The largest absolute Gasteiger partial charge is 0.312 e. The van der Waals surface area contributed by atoms with Crippen LogP contribution in [0.5, 0.6) is 0 Å². The standard InChI is InChI=1S/C7H5F2N3O3S/c8-6(9)3-1-5(16(11,14)15)4(2-10)12-7(3)13/h1,6H,(H,12,13)(H2,11,14,15). The zero-order valence-corrected chi connectivity index (χ0v) is 8.38. The van der Waals surface area contributed by atoms with E-state index in [2.05, 4.69) is 0 Å². The summed E-state index contributed by atoms with van der Waals surface area (Å²) in [5, 5.41) is 13.2. The van der Waals surface area contributed by atoms with E-state index in [0.717, 1.165) is 0 Å². The van der Waals surface area contributed by atoms with Gasteiger partial charge in [0.15, 0.2) is 0 Å². The summed E-state index contributed by atoms with van der Waals surface area (Å²) in [6.45, 7) is 0. The first-order valence-corrected chi connectivity index (χ1v) is 5.30. The highest BCUT2D eigenvalue weighted by molar-refractivity contribution is 7.89. The maximum atomic E-state index is 12.3. The molecular formula is C7H5F2N3O3S. The van der Waals surface area contributed by atoms with E-state index in [1.165, 1.54) is 6.07 Å². The van der Waals surface area contributed by atoms with Crippen LogP contribution in [0.2, 0.25) is 0 Å². The third-order valence-corrected chi connectivity index (χ3v) is 2.62. The lowest BCUT2D eigenvalue weighted by Crippen LogP contribution is -2.21. The van der Waals surface area contributed by atoms with Gasteiger partial charge in [0.1, 0.15) is 16.7 Å². The highest BCUT2D eigenvalue weighted by atomic mass is 32.2. The Balaban J connectivity index is 3.69. The van der Waals surface area contributed by atoms with E-state index in [-0.39, 0.29) is 0 Å². The first-order valence-electron chi connectivity index (χ1n) is 3.75. The molecule has 3 N–H and O–H groups in total. The normalized spacial score (nSPS) is 11.4. The van der Waals surface area contributed by atoms with Crippen molar-refractivity contribution in [3.8, 4) is 6.07 Å². The first-order chi connectivity index (χ1) is 7.27. The minimum atomic E-state index is -4.34. The van der Waals surface area contributed by atoms with Gasteiger partial charge in [-0.05, 0) is 6.07 Å². The molecule has 0 fully saturated rings. The van der Waals surface area contributed by atoms with Crippen molar-refractivity contribution in [1.82, 2.24) is 4.98 Å². The van der Waals surface area contributed by atoms with Gasteiger partial charge in [0.2, 0.25) is 10.0 Å². The number of halogens is 2. The Morgan fingerprint density at radius 1 is 1.50 bits per heavy atom. The Bertz CT molecular complexity index is 615. The molecule has 1 heterocycles. The molecule has 0 saturated heterocycles. The van der Waals surface area contributed by atoms with E-state index < -0.39 is 38.2 Å².